The number of rotatable bonds is 9. The van der Waals surface area contributed by atoms with Crippen LogP contribution in [0.5, 0.6) is 0 Å². The number of likely N-dealkylation sites (tertiary alicyclic amines) is 1. The van der Waals surface area contributed by atoms with Crippen LogP contribution in [-0.4, -0.2) is 57.6 Å². The second-order valence-electron chi connectivity index (χ2n) is 8.76. The van der Waals surface area contributed by atoms with Gasteiger partial charge in [0.05, 0.1) is 17.4 Å². The first kappa shape index (κ1) is 26.6. The van der Waals surface area contributed by atoms with E-state index in [1.165, 1.54) is 35.7 Å². The topological polar surface area (TPSA) is 86.7 Å². The molecule has 2 N–H and O–H groups in total. The van der Waals surface area contributed by atoms with Crippen molar-refractivity contribution in [3.05, 3.63) is 65.7 Å². The van der Waals surface area contributed by atoms with E-state index >= 15 is 0 Å². The molecule has 2 heterocycles. The lowest BCUT2D eigenvalue weighted by Gasteiger charge is -2.31. The summed E-state index contributed by atoms with van der Waals surface area (Å²) >= 11 is 2.85. The Morgan fingerprint density at radius 3 is 2.44 bits per heavy atom. The highest BCUT2D eigenvalue weighted by molar-refractivity contribution is 7.99. The summed E-state index contributed by atoms with van der Waals surface area (Å²) in [5.74, 6) is -3.96. The number of thioether (sulfide) groups is 2. The number of imide groups is 1. The summed E-state index contributed by atoms with van der Waals surface area (Å²) < 4.78 is 40.2. The summed E-state index contributed by atoms with van der Waals surface area (Å²) in [4.78, 5) is 41.7. The van der Waals surface area contributed by atoms with Gasteiger partial charge in [-0.15, -0.1) is 11.8 Å². The van der Waals surface area contributed by atoms with Gasteiger partial charge in [0, 0.05) is 23.2 Å². The Morgan fingerprint density at radius 1 is 1.08 bits per heavy atom. The summed E-state index contributed by atoms with van der Waals surface area (Å²) in [7, 11) is 0. The fourth-order valence-electron chi connectivity index (χ4n) is 5.05. The molecule has 2 aromatic carbocycles. The summed E-state index contributed by atoms with van der Waals surface area (Å²) in [6.45, 7) is 0.0811. The molecule has 0 aromatic heterocycles. The molecule has 0 radical (unpaired) electrons. The van der Waals surface area contributed by atoms with E-state index in [-0.39, 0.29) is 18.5 Å². The molecule has 2 aliphatic heterocycles. The van der Waals surface area contributed by atoms with Crippen molar-refractivity contribution in [2.45, 2.75) is 29.1 Å². The highest BCUT2D eigenvalue weighted by Gasteiger charge is 2.68. The minimum Gasteiger partial charge on any atom is -0.480 e. The highest BCUT2D eigenvalue weighted by atomic mass is 32.2. The Morgan fingerprint density at radius 2 is 1.81 bits per heavy atom. The monoisotopic (exact) mass is 538 g/mol. The van der Waals surface area contributed by atoms with Crippen LogP contribution in [0.4, 0.5) is 13.2 Å². The van der Waals surface area contributed by atoms with Crippen LogP contribution in [0, 0.1) is 11.8 Å². The smallest absolute Gasteiger partial charge is 0.416 e. The van der Waals surface area contributed by atoms with Crippen LogP contribution < -0.4 is 5.32 Å². The minimum absolute atomic E-state index is 0.0474. The largest absolute Gasteiger partial charge is 0.480 e. The molecule has 0 saturated carbocycles. The zero-order valence-corrected chi connectivity index (χ0v) is 21.0. The Balaban J connectivity index is 1.68. The van der Waals surface area contributed by atoms with Crippen molar-refractivity contribution < 1.29 is 32.7 Å². The molecule has 192 valence electrons. The molecule has 4 rings (SSSR count). The second kappa shape index (κ2) is 10.5. The third kappa shape index (κ3) is 4.88. The van der Waals surface area contributed by atoms with E-state index in [1.54, 1.807) is 6.26 Å². The average molecular weight is 539 g/mol. The molecule has 11 heteroatoms. The van der Waals surface area contributed by atoms with Gasteiger partial charge in [-0.1, -0.05) is 30.3 Å². The zero-order valence-electron chi connectivity index (χ0n) is 19.3. The Hall–Kier alpha value is -2.50. The van der Waals surface area contributed by atoms with E-state index in [1.807, 2.05) is 30.3 Å². The Bertz CT molecular complexity index is 1150. The molecule has 6 nitrogen and oxygen atoms in total. The van der Waals surface area contributed by atoms with Gasteiger partial charge < -0.3 is 5.11 Å². The molecule has 0 bridgehead atoms. The SMILES string of the molecule is CSCCC1(C(=O)O)NC(c2cccc(C(F)(F)F)c2)C2C(=O)N(CCSc3ccccc3)C(=O)C21. The Kier molecular flexibility index (Phi) is 7.72. The van der Waals surface area contributed by atoms with Crippen LogP contribution >= 0.6 is 23.5 Å². The number of carbonyl (C=O) groups excluding carboxylic acids is 2. The maximum atomic E-state index is 13.5. The molecule has 2 aliphatic rings. The van der Waals surface area contributed by atoms with E-state index in [4.69, 9.17) is 0 Å². The van der Waals surface area contributed by atoms with Crippen molar-refractivity contribution in [2.24, 2.45) is 11.8 Å². The number of nitrogens with zero attached hydrogens (tertiary/aromatic N) is 1. The van der Waals surface area contributed by atoms with Gasteiger partial charge in [0.1, 0.15) is 5.54 Å². The van der Waals surface area contributed by atoms with Gasteiger partial charge >= 0.3 is 12.1 Å². The summed E-state index contributed by atoms with van der Waals surface area (Å²) in [6.07, 6.45) is -2.76. The number of carboxylic acids is 1. The molecular formula is C25H25F3N2O4S2. The number of hydrogen-bond donors (Lipinski definition) is 2. The number of halogens is 3. The first-order valence-corrected chi connectivity index (χ1v) is 13.7. The van der Waals surface area contributed by atoms with E-state index in [0.29, 0.717) is 11.5 Å². The molecule has 2 aromatic rings. The van der Waals surface area contributed by atoms with Gasteiger partial charge in [0.25, 0.3) is 0 Å². The van der Waals surface area contributed by atoms with E-state index in [9.17, 15) is 32.7 Å². The quantitative estimate of drug-likeness (QED) is 0.363. The zero-order chi connectivity index (χ0) is 26.1. The van der Waals surface area contributed by atoms with Crippen molar-refractivity contribution in [1.29, 1.82) is 0 Å². The number of hydrogen-bond acceptors (Lipinski definition) is 6. The molecule has 2 saturated heterocycles. The first-order valence-electron chi connectivity index (χ1n) is 11.3. The van der Waals surface area contributed by atoms with Crippen molar-refractivity contribution in [1.82, 2.24) is 10.2 Å². The number of aliphatic carboxylic acids is 1. The van der Waals surface area contributed by atoms with Crippen LogP contribution in [0.25, 0.3) is 0 Å². The van der Waals surface area contributed by atoms with Crippen LogP contribution in [0.1, 0.15) is 23.6 Å². The molecule has 4 unspecified atom stereocenters. The first-order chi connectivity index (χ1) is 17.1. The molecule has 36 heavy (non-hydrogen) atoms. The molecular weight excluding hydrogens is 513 g/mol. The van der Waals surface area contributed by atoms with Crippen LogP contribution in [0.15, 0.2) is 59.5 Å². The number of carboxylic acid groups (broad SMARTS) is 1. The number of amides is 2. The summed E-state index contributed by atoms with van der Waals surface area (Å²) in [6, 6.07) is 12.9. The molecule has 0 aliphatic carbocycles. The predicted octanol–water partition coefficient (Wildman–Crippen LogP) is 4.32. The van der Waals surface area contributed by atoms with Crippen LogP contribution in [0.3, 0.4) is 0 Å². The van der Waals surface area contributed by atoms with Crippen LogP contribution in [0.2, 0.25) is 0 Å². The molecule has 2 fully saturated rings. The number of alkyl halides is 3. The van der Waals surface area contributed by atoms with Crippen molar-refractivity contribution in [3.8, 4) is 0 Å². The van der Waals surface area contributed by atoms with Crippen molar-refractivity contribution in [2.75, 3.05) is 24.3 Å². The van der Waals surface area contributed by atoms with Gasteiger partial charge in [0.15, 0.2) is 0 Å². The van der Waals surface area contributed by atoms with Gasteiger partial charge in [-0.25, -0.2) is 0 Å². The standard InChI is InChI=1S/C25H25F3N2O4S2/c1-35-12-10-24(23(33)34)19-18(20(29-24)15-6-5-7-16(14-15)25(26,27)28)21(31)30(22(19)32)11-13-36-17-8-3-2-4-9-17/h2-9,14,18-20,29H,10-13H2,1H3,(H,33,34). The number of carbonyl (C=O) groups is 3. The van der Waals surface area contributed by atoms with E-state index < -0.39 is 52.9 Å². The summed E-state index contributed by atoms with van der Waals surface area (Å²) in [5.41, 5.74) is -2.53. The highest BCUT2D eigenvalue weighted by Crippen LogP contribution is 2.50. The molecule has 4 atom stereocenters. The predicted molar refractivity (Wildman–Crippen MR) is 132 cm³/mol. The fourth-order valence-corrected chi connectivity index (χ4v) is 6.43. The third-order valence-electron chi connectivity index (χ3n) is 6.73. The van der Waals surface area contributed by atoms with E-state index in [0.717, 1.165) is 21.9 Å². The number of fused-ring (bicyclic) bond motifs is 1. The lowest BCUT2D eigenvalue weighted by atomic mass is 9.78. The summed E-state index contributed by atoms with van der Waals surface area (Å²) in [5, 5.41) is 13.2. The van der Waals surface area contributed by atoms with Gasteiger partial charge in [-0.05, 0) is 48.3 Å². The van der Waals surface area contributed by atoms with Crippen molar-refractivity contribution in [3.63, 3.8) is 0 Å². The Labute approximate surface area is 215 Å². The second-order valence-corrected chi connectivity index (χ2v) is 10.9. The maximum Gasteiger partial charge on any atom is 0.416 e. The maximum absolute atomic E-state index is 13.5. The number of benzene rings is 2. The number of nitrogens with one attached hydrogen (secondary N) is 1. The van der Waals surface area contributed by atoms with Gasteiger partial charge in [-0.2, -0.15) is 24.9 Å². The fraction of sp³-hybridized carbons (Fsp3) is 0.400. The molecule has 2 amide bonds. The molecule has 0 spiro atoms. The average Bonchev–Trinajstić information content (AvgIpc) is 3.33. The lowest BCUT2D eigenvalue weighted by Crippen LogP contribution is -2.56. The van der Waals surface area contributed by atoms with Crippen molar-refractivity contribution >= 4 is 41.3 Å². The van der Waals surface area contributed by atoms with Gasteiger partial charge in [-0.3, -0.25) is 24.6 Å². The van der Waals surface area contributed by atoms with E-state index in [2.05, 4.69) is 5.32 Å². The van der Waals surface area contributed by atoms with Gasteiger partial charge in [0.2, 0.25) is 11.8 Å². The van der Waals surface area contributed by atoms with Crippen LogP contribution in [-0.2, 0) is 20.6 Å². The lowest BCUT2D eigenvalue weighted by molar-refractivity contribution is -0.151. The normalized spacial score (nSPS) is 25.9. The third-order valence-corrected chi connectivity index (χ3v) is 8.33. The minimum atomic E-state index is -4.60.